The van der Waals surface area contributed by atoms with Gasteiger partial charge >= 0.3 is 0 Å². The molecule has 1 fully saturated rings. The molecule has 0 aromatic carbocycles. The SMILES string of the molecule is CC(C)(C)NCC(=Cc1cncs1)C1CCCCC1. The van der Waals surface area contributed by atoms with E-state index in [0.29, 0.717) is 0 Å². The zero-order chi connectivity index (χ0) is 13.7. The lowest BCUT2D eigenvalue weighted by Crippen LogP contribution is -2.38. The number of aromatic nitrogens is 1. The molecule has 1 N–H and O–H groups in total. The monoisotopic (exact) mass is 278 g/mol. The molecule has 0 spiro atoms. The lowest BCUT2D eigenvalue weighted by molar-refractivity contribution is 0.378. The summed E-state index contributed by atoms with van der Waals surface area (Å²) in [6, 6.07) is 0. The summed E-state index contributed by atoms with van der Waals surface area (Å²) in [5.74, 6) is 0.769. The number of thiazole rings is 1. The summed E-state index contributed by atoms with van der Waals surface area (Å²) in [5, 5.41) is 3.65. The Labute approximate surface area is 121 Å². The lowest BCUT2D eigenvalue weighted by Gasteiger charge is -2.28. The van der Waals surface area contributed by atoms with Crippen molar-refractivity contribution >= 4 is 17.4 Å². The van der Waals surface area contributed by atoms with Gasteiger partial charge in [0.2, 0.25) is 0 Å². The third-order valence-electron chi connectivity index (χ3n) is 3.73. The van der Waals surface area contributed by atoms with Gasteiger partial charge < -0.3 is 5.32 Å². The molecule has 106 valence electrons. The predicted octanol–water partition coefficient (Wildman–Crippen LogP) is 4.49. The van der Waals surface area contributed by atoms with E-state index in [2.05, 4.69) is 37.1 Å². The van der Waals surface area contributed by atoms with Crippen molar-refractivity contribution in [2.45, 2.75) is 58.4 Å². The Kier molecular flexibility index (Phi) is 5.17. The van der Waals surface area contributed by atoms with Crippen molar-refractivity contribution in [3.8, 4) is 0 Å². The largest absolute Gasteiger partial charge is 0.308 e. The van der Waals surface area contributed by atoms with Crippen LogP contribution in [0.5, 0.6) is 0 Å². The molecule has 0 aliphatic heterocycles. The van der Waals surface area contributed by atoms with Crippen LogP contribution in [-0.2, 0) is 0 Å². The molecule has 2 nitrogen and oxygen atoms in total. The van der Waals surface area contributed by atoms with Crippen molar-refractivity contribution in [2.24, 2.45) is 5.92 Å². The van der Waals surface area contributed by atoms with Crippen LogP contribution < -0.4 is 5.32 Å². The summed E-state index contributed by atoms with van der Waals surface area (Å²) in [5.41, 5.74) is 3.67. The van der Waals surface area contributed by atoms with E-state index in [1.807, 2.05) is 11.7 Å². The molecule has 19 heavy (non-hydrogen) atoms. The smallest absolute Gasteiger partial charge is 0.0797 e. The first-order chi connectivity index (χ1) is 9.04. The second-order valence-electron chi connectivity index (χ2n) is 6.56. The first-order valence-corrected chi connectivity index (χ1v) is 8.26. The van der Waals surface area contributed by atoms with Gasteiger partial charge in [-0.1, -0.05) is 24.8 Å². The van der Waals surface area contributed by atoms with E-state index in [1.165, 1.54) is 37.0 Å². The molecule has 0 unspecified atom stereocenters. The van der Waals surface area contributed by atoms with E-state index >= 15 is 0 Å². The zero-order valence-corrected chi connectivity index (χ0v) is 13.2. The Balaban J connectivity index is 2.08. The van der Waals surface area contributed by atoms with Crippen LogP contribution in [0.25, 0.3) is 6.08 Å². The molecule has 1 aromatic heterocycles. The number of nitrogens with one attached hydrogen (secondary N) is 1. The fourth-order valence-electron chi connectivity index (χ4n) is 2.63. The highest BCUT2D eigenvalue weighted by Gasteiger charge is 2.19. The molecule has 3 heteroatoms. The summed E-state index contributed by atoms with van der Waals surface area (Å²) < 4.78 is 0. The van der Waals surface area contributed by atoms with Crippen LogP contribution in [0.3, 0.4) is 0 Å². The minimum Gasteiger partial charge on any atom is -0.308 e. The van der Waals surface area contributed by atoms with E-state index in [4.69, 9.17) is 0 Å². The van der Waals surface area contributed by atoms with E-state index in [-0.39, 0.29) is 5.54 Å². The lowest BCUT2D eigenvalue weighted by atomic mass is 9.83. The van der Waals surface area contributed by atoms with Crippen molar-refractivity contribution < 1.29 is 0 Å². The average Bonchev–Trinajstić information content (AvgIpc) is 2.87. The van der Waals surface area contributed by atoms with Crippen molar-refractivity contribution in [1.82, 2.24) is 10.3 Å². The third kappa shape index (κ3) is 5.07. The fraction of sp³-hybridized carbons (Fsp3) is 0.688. The van der Waals surface area contributed by atoms with Gasteiger partial charge in [0.25, 0.3) is 0 Å². The van der Waals surface area contributed by atoms with Crippen molar-refractivity contribution in [2.75, 3.05) is 6.54 Å². The van der Waals surface area contributed by atoms with Crippen LogP contribution in [0.4, 0.5) is 0 Å². The summed E-state index contributed by atoms with van der Waals surface area (Å²) in [6.07, 6.45) is 11.3. The predicted molar refractivity (Wildman–Crippen MR) is 84.4 cm³/mol. The summed E-state index contributed by atoms with van der Waals surface area (Å²) in [7, 11) is 0. The standard InChI is InChI=1S/C16H26N2S/c1-16(2,3)18-10-14(9-15-11-17-12-19-15)13-7-5-4-6-8-13/h9,11-13,18H,4-8,10H2,1-3H3. The molecule has 1 saturated carbocycles. The molecule has 1 aliphatic rings. The zero-order valence-electron chi connectivity index (χ0n) is 12.4. The van der Waals surface area contributed by atoms with Gasteiger partial charge in [0.05, 0.1) is 5.51 Å². The van der Waals surface area contributed by atoms with Gasteiger partial charge in [0, 0.05) is 23.2 Å². The second kappa shape index (κ2) is 6.67. The Bertz CT molecular complexity index is 395. The molecule has 0 bridgehead atoms. The highest BCUT2D eigenvalue weighted by Crippen LogP contribution is 2.31. The van der Waals surface area contributed by atoms with E-state index in [1.54, 1.807) is 16.9 Å². The average molecular weight is 278 g/mol. The molecule has 0 radical (unpaired) electrons. The molecule has 1 aliphatic carbocycles. The molecule has 2 rings (SSSR count). The summed E-state index contributed by atoms with van der Waals surface area (Å²) in [4.78, 5) is 5.47. The van der Waals surface area contributed by atoms with Crippen molar-refractivity contribution in [3.63, 3.8) is 0 Å². The summed E-state index contributed by atoms with van der Waals surface area (Å²) in [6.45, 7) is 7.71. The molecular weight excluding hydrogens is 252 g/mol. The molecule has 0 saturated heterocycles. The third-order valence-corrected chi connectivity index (χ3v) is 4.45. The minimum absolute atomic E-state index is 0.182. The van der Waals surface area contributed by atoms with Gasteiger partial charge in [-0.25, -0.2) is 0 Å². The van der Waals surface area contributed by atoms with E-state index in [9.17, 15) is 0 Å². The molecule has 0 atom stereocenters. The quantitative estimate of drug-likeness (QED) is 0.877. The minimum atomic E-state index is 0.182. The topological polar surface area (TPSA) is 24.9 Å². The molecule has 1 heterocycles. The number of rotatable bonds is 4. The van der Waals surface area contributed by atoms with Crippen LogP contribution in [0.15, 0.2) is 17.3 Å². The van der Waals surface area contributed by atoms with Crippen LogP contribution in [0, 0.1) is 5.92 Å². The van der Waals surface area contributed by atoms with E-state index in [0.717, 1.165) is 12.5 Å². The van der Waals surface area contributed by atoms with Gasteiger partial charge in [0.1, 0.15) is 0 Å². The maximum Gasteiger partial charge on any atom is 0.0797 e. The first-order valence-electron chi connectivity index (χ1n) is 7.38. The highest BCUT2D eigenvalue weighted by atomic mass is 32.1. The molecular formula is C16H26N2S. The number of nitrogens with zero attached hydrogens (tertiary/aromatic N) is 1. The van der Waals surface area contributed by atoms with Crippen LogP contribution in [0.1, 0.15) is 57.8 Å². The molecule has 1 aromatic rings. The number of hydrogen-bond donors (Lipinski definition) is 1. The Morgan fingerprint density at radius 2 is 2.11 bits per heavy atom. The fourth-order valence-corrected chi connectivity index (χ4v) is 3.22. The van der Waals surface area contributed by atoms with Crippen LogP contribution >= 0.6 is 11.3 Å². The normalized spacial score (nSPS) is 18.8. The molecule has 0 amide bonds. The Morgan fingerprint density at radius 1 is 1.37 bits per heavy atom. The van der Waals surface area contributed by atoms with E-state index < -0.39 is 0 Å². The first kappa shape index (κ1) is 14.7. The van der Waals surface area contributed by atoms with Crippen molar-refractivity contribution in [1.29, 1.82) is 0 Å². The highest BCUT2D eigenvalue weighted by molar-refractivity contribution is 7.10. The Morgan fingerprint density at radius 3 is 2.68 bits per heavy atom. The van der Waals surface area contributed by atoms with Gasteiger partial charge in [-0.3, -0.25) is 4.98 Å². The van der Waals surface area contributed by atoms with Gasteiger partial charge in [-0.2, -0.15) is 0 Å². The second-order valence-corrected chi connectivity index (χ2v) is 7.48. The number of hydrogen-bond acceptors (Lipinski definition) is 3. The van der Waals surface area contributed by atoms with Gasteiger partial charge in [-0.15, -0.1) is 11.3 Å². The van der Waals surface area contributed by atoms with Gasteiger partial charge in [0.15, 0.2) is 0 Å². The van der Waals surface area contributed by atoms with Crippen LogP contribution in [0.2, 0.25) is 0 Å². The van der Waals surface area contributed by atoms with Crippen molar-refractivity contribution in [3.05, 3.63) is 22.2 Å². The Hall–Kier alpha value is -0.670. The maximum atomic E-state index is 4.18. The van der Waals surface area contributed by atoms with Crippen LogP contribution in [-0.4, -0.2) is 17.1 Å². The van der Waals surface area contributed by atoms with Gasteiger partial charge in [-0.05, 0) is 45.6 Å². The maximum absolute atomic E-state index is 4.18. The summed E-state index contributed by atoms with van der Waals surface area (Å²) >= 11 is 1.73.